The van der Waals surface area contributed by atoms with Crippen LogP contribution in [0.3, 0.4) is 0 Å². The second-order valence-corrected chi connectivity index (χ2v) is 4.13. The number of aldehydes is 1. The first-order chi connectivity index (χ1) is 8.29. The fourth-order valence-electron chi connectivity index (χ4n) is 1.95. The zero-order valence-electron chi connectivity index (χ0n) is 9.59. The highest BCUT2D eigenvalue weighted by Gasteiger charge is 2.16. The Bertz CT molecular complexity index is 394. The van der Waals surface area contributed by atoms with Gasteiger partial charge < -0.3 is 14.6 Å². The first-order valence-corrected chi connectivity index (χ1v) is 5.77. The van der Waals surface area contributed by atoms with Crippen molar-refractivity contribution in [2.75, 3.05) is 13.2 Å². The minimum atomic E-state index is -0.0591. The van der Waals surface area contributed by atoms with Crippen LogP contribution >= 0.6 is 0 Å². The van der Waals surface area contributed by atoms with Gasteiger partial charge in [0.2, 0.25) is 5.91 Å². The lowest BCUT2D eigenvalue weighted by Gasteiger charge is -2.23. The molecule has 1 aromatic heterocycles. The van der Waals surface area contributed by atoms with Crippen molar-refractivity contribution in [3.63, 3.8) is 0 Å². The van der Waals surface area contributed by atoms with Gasteiger partial charge in [0.1, 0.15) is 6.54 Å². The molecule has 0 radical (unpaired) electrons. The van der Waals surface area contributed by atoms with Crippen molar-refractivity contribution in [2.45, 2.75) is 25.4 Å². The average Bonchev–Trinajstić information content (AvgIpc) is 2.77. The third-order valence-corrected chi connectivity index (χ3v) is 2.89. The van der Waals surface area contributed by atoms with Crippen LogP contribution in [-0.4, -0.2) is 36.0 Å². The van der Waals surface area contributed by atoms with Gasteiger partial charge in [-0.2, -0.15) is 0 Å². The summed E-state index contributed by atoms with van der Waals surface area (Å²) in [6.45, 7) is 1.60. The Hall–Kier alpha value is -1.62. The Kier molecular flexibility index (Phi) is 3.93. The lowest BCUT2D eigenvalue weighted by atomic mass is 10.1. The molecule has 1 N–H and O–H groups in total. The molecule has 1 aliphatic rings. The van der Waals surface area contributed by atoms with Crippen molar-refractivity contribution < 1.29 is 14.3 Å². The first-order valence-electron chi connectivity index (χ1n) is 5.77. The number of ether oxygens (including phenoxy) is 1. The highest BCUT2D eigenvalue weighted by molar-refractivity contribution is 5.78. The van der Waals surface area contributed by atoms with E-state index in [-0.39, 0.29) is 18.5 Å². The predicted molar refractivity (Wildman–Crippen MR) is 61.8 cm³/mol. The standard InChI is InChI=1S/C12H16N2O3/c15-9-11-2-1-5-14(11)8-12(16)13-10-3-6-17-7-4-10/h1-2,5,9-10H,3-4,6-8H2,(H,13,16). The van der Waals surface area contributed by atoms with Gasteiger partial charge in [-0.1, -0.05) is 0 Å². The fourth-order valence-corrected chi connectivity index (χ4v) is 1.95. The zero-order valence-corrected chi connectivity index (χ0v) is 9.59. The van der Waals surface area contributed by atoms with Crippen LogP contribution in [0.4, 0.5) is 0 Å². The molecule has 1 saturated heterocycles. The maximum absolute atomic E-state index is 11.8. The third kappa shape index (κ3) is 3.17. The molecule has 0 spiro atoms. The summed E-state index contributed by atoms with van der Waals surface area (Å²) in [6, 6.07) is 3.65. The maximum atomic E-state index is 11.8. The van der Waals surface area contributed by atoms with Crippen molar-refractivity contribution in [3.05, 3.63) is 24.0 Å². The summed E-state index contributed by atoms with van der Waals surface area (Å²) in [5.41, 5.74) is 0.520. The van der Waals surface area contributed by atoms with E-state index in [1.807, 2.05) is 0 Å². The van der Waals surface area contributed by atoms with Crippen LogP contribution in [0.15, 0.2) is 18.3 Å². The van der Waals surface area contributed by atoms with E-state index in [1.54, 1.807) is 22.9 Å². The van der Waals surface area contributed by atoms with Crippen molar-refractivity contribution in [1.82, 2.24) is 9.88 Å². The number of amides is 1. The van der Waals surface area contributed by atoms with E-state index in [0.29, 0.717) is 18.9 Å². The summed E-state index contributed by atoms with van der Waals surface area (Å²) in [5, 5.41) is 2.95. The number of rotatable bonds is 4. The number of nitrogens with one attached hydrogen (secondary N) is 1. The molecule has 5 nitrogen and oxygen atoms in total. The molecule has 1 aliphatic heterocycles. The van der Waals surface area contributed by atoms with Gasteiger partial charge in [0.25, 0.3) is 0 Å². The summed E-state index contributed by atoms with van der Waals surface area (Å²) < 4.78 is 6.86. The number of aromatic nitrogens is 1. The molecule has 0 bridgehead atoms. The van der Waals surface area contributed by atoms with E-state index in [9.17, 15) is 9.59 Å². The summed E-state index contributed by atoms with van der Waals surface area (Å²) in [6.07, 6.45) is 4.20. The topological polar surface area (TPSA) is 60.3 Å². The molecule has 0 saturated carbocycles. The van der Waals surface area contributed by atoms with Crippen LogP contribution in [-0.2, 0) is 16.1 Å². The second kappa shape index (κ2) is 5.63. The molecule has 0 aromatic carbocycles. The van der Waals surface area contributed by atoms with E-state index in [4.69, 9.17) is 4.74 Å². The Balaban J connectivity index is 1.86. The Morgan fingerprint density at radius 3 is 3.00 bits per heavy atom. The molecule has 0 aliphatic carbocycles. The Morgan fingerprint density at radius 1 is 1.53 bits per heavy atom. The molecule has 1 amide bonds. The number of hydrogen-bond acceptors (Lipinski definition) is 3. The second-order valence-electron chi connectivity index (χ2n) is 4.13. The van der Waals surface area contributed by atoms with E-state index in [0.717, 1.165) is 19.1 Å². The summed E-state index contributed by atoms with van der Waals surface area (Å²) in [5.74, 6) is -0.0591. The third-order valence-electron chi connectivity index (χ3n) is 2.89. The molecule has 2 heterocycles. The average molecular weight is 236 g/mol. The normalized spacial score (nSPS) is 16.7. The van der Waals surface area contributed by atoms with Gasteiger partial charge in [-0.3, -0.25) is 9.59 Å². The Labute approximate surface area is 99.8 Å². The van der Waals surface area contributed by atoms with Crippen LogP contribution in [0.1, 0.15) is 23.3 Å². The highest BCUT2D eigenvalue weighted by atomic mass is 16.5. The number of carbonyl (C=O) groups is 2. The van der Waals surface area contributed by atoms with Crippen molar-refractivity contribution >= 4 is 12.2 Å². The van der Waals surface area contributed by atoms with E-state index < -0.39 is 0 Å². The maximum Gasteiger partial charge on any atom is 0.240 e. The molecule has 17 heavy (non-hydrogen) atoms. The minimum Gasteiger partial charge on any atom is -0.381 e. The van der Waals surface area contributed by atoms with Gasteiger partial charge in [-0.15, -0.1) is 0 Å². The monoisotopic (exact) mass is 236 g/mol. The van der Waals surface area contributed by atoms with Crippen molar-refractivity contribution in [3.8, 4) is 0 Å². The molecule has 2 rings (SSSR count). The van der Waals surface area contributed by atoms with Gasteiger partial charge in [-0.05, 0) is 25.0 Å². The largest absolute Gasteiger partial charge is 0.381 e. The molecular formula is C12H16N2O3. The summed E-state index contributed by atoms with van der Waals surface area (Å²) in [7, 11) is 0. The molecule has 0 unspecified atom stereocenters. The molecular weight excluding hydrogens is 220 g/mol. The predicted octanol–water partition coefficient (Wildman–Crippen LogP) is 0.596. The smallest absolute Gasteiger partial charge is 0.240 e. The van der Waals surface area contributed by atoms with Gasteiger partial charge in [0.15, 0.2) is 6.29 Å². The van der Waals surface area contributed by atoms with Crippen molar-refractivity contribution in [2.24, 2.45) is 0 Å². The van der Waals surface area contributed by atoms with Crippen molar-refractivity contribution in [1.29, 1.82) is 0 Å². The van der Waals surface area contributed by atoms with Gasteiger partial charge in [0, 0.05) is 25.5 Å². The Morgan fingerprint density at radius 2 is 2.29 bits per heavy atom. The van der Waals surface area contributed by atoms with E-state index >= 15 is 0 Å². The summed E-state index contributed by atoms with van der Waals surface area (Å²) >= 11 is 0. The quantitative estimate of drug-likeness (QED) is 0.779. The molecule has 0 atom stereocenters. The minimum absolute atomic E-state index is 0.0591. The van der Waals surface area contributed by atoms with E-state index in [2.05, 4.69) is 5.32 Å². The van der Waals surface area contributed by atoms with Gasteiger partial charge in [0.05, 0.1) is 5.69 Å². The highest BCUT2D eigenvalue weighted by Crippen LogP contribution is 2.06. The first kappa shape index (κ1) is 11.9. The van der Waals surface area contributed by atoms with Crippen LogP contribution in [0.2, 0.25) is 0 Å². The molecule has 1 fully saturated rings. The van der Waals surface area contributed by atoms with Crippen LogP contribution < -0.4 is 5.32 Å². The van der Waals surface area contributed by atoms with E-state index in [1.165, 1.54) is 0 Å². The van der Waals surface area contributed by atoms with Crippen LogP contribution in [0, 0.1) is 0 Å². The lowest BCUT2D eigenvalue weighted by Crippen LogP contribution is -2.40. The van der Waals surface area contributed by atoms with Gasteiger partial charge in [-0.25, -0.2) is 0 Å². The van der Waals surface area contributed by atoms with Crippen LogP contribution in [0.25, 0.3) is 0 Å². The summed E-state index contributed by atoms with van der Waals surface area (Å²) in [4.78, 5) is 22.4. The number of hydrogen-bond donors (Lipinski definition) is 1. The zero-order chi connectivity index (χ0) is 12.1. The van der Waals surface area contributed by atoms with Gasteiger partial charge >= 0.3 is 0 Å². The molecule has 5 heteroatoms. The molecule has 1 aromatic rings. The number of carbonyl (C=O) groups excluding carboxylic acids is 2. The lowest BCUT2D eigenvalue weighted by molar-refractivity contribution is -0.122. The molecule has 92 valence electrons. The number of nitrogens with zero attached hydrogens (tertiary/aromatic N) is 1. The fraction of sp³-hybridized carbons (Fsp3) is 0.500. The van der Waals surface area contributed by atoms with Crippen LogP contribution in [0.5, 0.6) is 0 Å². The SMILES string of the molecule is O=Cc1cccn1CC(=O)NC1CCOCC1.